The van der Waals surface area contributed by atoms with Crippen molar-refractivity contribution in [3.8, 4) is 11.5 Å². The Morgan fingerprint density at radius 2 is 1.89 bits per heavy atom. The molecular formula is C11H11F3O4S. The first-order valence-corrected chi connectivity index (χ1v) is 6.85. The van der Waals surface area contributed by atoms with E-state index in [-0.39, 0.29) is 17.4 Å². The SMILES string of the molecule is COc1cccc(C2CC2)c1OS(=O)(=O)C(F)(F)F. The van der Waals surface area contributed by atoms with Crippen molar-refractivity contribution in [3.63, 3.8) is 0 Å². The molecule has 0 atom stereocenters. The smallest absolute Gasteiger partial charge is 0.493 e. The summed E-state index contributed by atoms with van der Waals surface area (Å²) in [5.41, 5.74) is -5.04. The summed E-state index contributed by atoms with van der Waals surface area (Å²) in [5.74, 6) is -0.379. The maximum Gasteiger partial charge on any atom is 0.534 e. The molecule has 1 saturated carbocycles. The molecule has 0 unspecified atom stereocenters. The van der Waals surface area contributed by atoms with E-state index in [2.05, 4.69) is 4.18 Å². The largest absolute Gasteiger partial charge is 0.534 e. The van der Waals surface area contributed by atoms with Crippen molar-refractivity contribution in [1.82, 2.24) is 0 Å². The number of benzene rings is 1. The topological polar surface area (TPSA) is 52.6 Å². The predicted molar refractivity (Wildman–Crippen MR) is 60.6 cm³/mol. The highest BCUT2D eigenvalue weighted by Gasteiger charge is 2.49. The number of hydrogen-bond donors (Lipinski definition) is 0. The molecule has 0 bridgehead atoms. The molecule has 1 fully saturated rings. The maximum absolute atomic E-state index is 12.3. The second-order valence-corrected chi connectivity index (χ2v) is 5.67. The van der Waals surface area contributed by atoms with E-state index in [9.17, 15) is 21.6 Å². The minimum Gasteiger partial charge on any atom is -0.493 e. The number of rotatable bonds is 4. The average molecular weight is 296 g/mol. The molecule has 0 saturated heterocycles. The van der Waals surface area contributed by atoms with Gasteiger partial charge in [-0.2, -0.15) is 21.6 Å². The van der Waals surface area contributed by atoms with Gasteiger partial charge in [-0.1, -0.05) is 12.1 Å². The van der Waals surface area contributed by atoms with Gasteiger partial charge in [0.25, 0.3) is 0 Å². The van der Waals surface area contributed by atoms with Crippen LogP contribution in [0.2, 0.25) is 0 Å². The Morgan fingerprint density at radius 3 is 2.37 bits per heavy atom. The van der Waals surface area contributed by atoms with E-state index in [1.54, 1.807) is 12.1 Å². The van der Waals surface area contributed by atoms with Crippen molar-refractivity contribution in [3.05, 3.63) is 23.8 Å². The van der Waals surface area contributed by atoms with Gasteiger partial charge < -0.3 is 8.92 Å². The molecule has 1 aromatic carbocycles. The van der Waals surface area contributed by atoms with Gasteiger partial charge in [0, 0.05) is 5.56 Å². The second kappa shape index (κ2) is 4.59. The van der Waals surface area contributed by atoms with Crippen LogP contribution < -0.4 is 8.92 Å². The van der Waals surface area contributed by atoms with Crippen LogP contribution in [0.3, 0.4) is 0 Å². The number of para-hydroxylation sites is 1. The third-order valence-corrected chi connectivity index (χ3v) is 3.68. The fourth-order valence-corrected chi connectivity index (χ4v) is 2.15. The normalized spacial score (nSPS) is 16.2. The van der Waals surface area contributed by atoms with E-state index in [1.165, 1.54) is 13.2 Å². The first kappa shape index (κ1) is 14.0. The fourth-order valence-electron chi connectivity index (χ4n) is 1.66. The molecule has 0 heterocycles. The highest BCUT2D eigenvalue weighted by Crippen LogP contribution is 2.48. The molecule has 106 valence electrons. The molecule has 0 N–H and O–H groups in total. The summed E-state index contributed by atoms with van der Waals surface area (Å²) in [6.07, 6.45) is 1.57. The molecular weight excluding hydrogens is 285 g/mol. The summed E-state index contributed by atoms with van der Waals surface area (Å²) >= 11 is 0. The molecule has 0 spiro atoms. The number of methoxy groups -OCH3 is 1. The van der Waals surface area contributed by atoms with E-state index in [1.807, 2.05) is 0 Å². The number of hydrogen-bond acceptors (Lipinski definition) is 4. The van der Waals surface area contributed by atoms with Crippen molar-refractivity contribution >= 4 is 10.1 Å². The zero-order valence-electron chi connectivity index (χ0n) is 9.90. The minimum atomic E-state index is -5.69. The van der Waals surface area contributed by atoms with Gasteiger partial charge in [0.1, 0.15) is 0 Å². The van der Waals surface area contributed by atoms with Gasteiger partial charge in [-0.3, -0.25) is 0 Å². The van der Waals surface area contributed by atoms with Crippen molar-refractivity contribution in [2.45, 2.75) is 24.3 Å². The Morgan fingerprint density at radius 1 is 1.26 bits per heavy atom. The number of halogens is 3. The number of alkyl halides is 3. The van der Waals surface area contributed by atoms with Gasteiger partial charge in [-0.05, 0) is 24.8 Å². The summed E-state index contributed by atoms with van der Waals surface area (Å²) < 4.78 is 68.3. The first-order chi connectivity index (χ1) is 8.76. The Hall–Kier alpha value is -1.44. The molecule has 2 rings (SSSR count). The first-order valence-electron chi connectivity index (χ1n) is 5.44. The molecule has 8 heteroatoms. The van der Waals surface area contributed by atoms with Crippen LogP contribution >= 0.6 is 0 Å². The molecule has 4 nitrogen and oxygen atoms in total. The van der Waals surface area contributed by atoms with Crippen LogP contribution in [-0.4, -0.2) is 21.0 Å². The zero-order chi connectivity index (χ0) is 14.3. The monoisotopic (exact) mass is 296 g/mol. The van der Waals surface area contributed by atoms with Crippen LogP contribution in [0.15, 0.2) is 18.2 Å². The van der Waals surface area contributed by atoms with E-state index in [0.717, 1.165) is 12.8 Å². The molecule has 19 heavy (non-hydrogen) atoms. The van der Waals surface area contributed by atoms with Crippen LogP contribution in [0.25, 0.3) is 0 Å². The van der Waals surface area contributed by atoms with E-state index >= 15 is 0 Å². The standard InChI is InChI=1S/C11H11F3O4S/c1-17-9-4-2-3-8(7-5-6-7)10(9)18-19(15,16)11(12,13)14/h2-4,7H,5-6H2,1H3. The van der Waals surface area contributed by atoms with Crippen molar-refractivity contribution in [2.24, 2.45) is 0 Å². The highest BCUT2D eigenvalue weighted by molar-refractivity contribution is 7.88. The lowest BCUT2D eigenvalue weighted by Crippen LogP contribution is -2.28. The quantitative estimate of drug-likeness (QED) is 0.633. The summed E-state index contributed by atoms with van der Waals surface area (Å²) in [5, 5.41) is 0. The molecule has 1 aliphatic carbocycles. The van der Waals surface area contributed by atoms with Gasteiger partial charge in [0.15, 0.2) is 11.5 Å². The fraction of sp³-hybridized carbons (Fsp3) is 0.455. The molecule has 0 amide bonds. The Bertz CT molecular complexity index is 576. The third kappa shape index (κ3) is 2.78. The van der Waals surface area contributed by atoms with E-state index in [4.69, 9.17) is 4.74 Å². The number of ether oxygens (including phenoxy) is 1. The summed E-state index contributed by atoms with van der Waals surface area (Å²) in [6, 6.07) is 4.48. The maximum atomic E-state index is 12.3. The summed E-state index contributed by atoms with van der Waals surface area (Å²) in [6.45, 7) is 0. The Kier molecular flexibility index (Phi) is 3.38. The summed E-state index contributed by atoms with van der Waals surface area (Å²) in [7, 11) is -4.46. The van der Waals surface area contributed by atoms with Crippen molar-refractivity contribution in [1.29, 1.82) is 0 Å². The zero-order valence-corrected chi connectivity index (χ0v) is 10.7. The van der Waals surface area contributed by atoms with E-state index < -0.39 is 15.6 Å². The molecule has 1 aliphatic rings. The lowest BCUT2D eigenvalue weighted by molar-refractivity contribution is -0.0500. The third-order valence-electron chi connectivity index (χ3n) is 2.72. The summed E-state index contributed by atoms with van der Waals surface area (Å²) in [4.78, 5) is 0. The van der Waals surface area contributed by atoms with Crippen LogP contribution in [0, 0.1) is 0 Å². The van der Waals surface area contributed by atoms with Gasteiger partial charge in [0.05, 0.1) is 7.11 Å². The van der Waals surface area contributed by atoms with Gasteiger partial charge in [-0.25, -0.2) is 0 Å². The lowest BCUT2D eigenvalue weighted by Gasteiger charge is -2.15. The van der Waals surface area contributed by atoms with Crippen LogP contribution in [0.4, 0.5) is 13.2 Å². The average Bonchev–Trinajstić information content (AvgIpc) is 3.11. The molecule has 0 aromatic heterocycles. The minimum absolute atomic E-state index is 0.0218. The molecule has 1 aromatic rings. The Balaban J connectivity index is 2.44. The van der Waals surface area contributed by atoms with E-state index in [0.29, 0.717) is 5.56 Å². The van der Waals surface area contributed by atoms with Crippen molar-refractivity contribution in [2.75, 3.05) is 7.11 Å². The van der Waals surface area contributed by atoms with Crippen LogP contribution in [0.5, 0.6) is 11.5 Å². The van der Waals surface area contributed by atoms with Crippen LogP contribution in [0.1, 0.15) is 24.3 Å². The second-order valence-electron chi connectivity index (χ2n) is 4.14. The molecule has 0 radical (unpaired) electrons. The van der Waals surface area contributed by atoms with Gasteiger partial charge in [-0.15, -0.1) is 0 Å². The predicted octanol–water partition coefficient (Wildman–Crippen LogP) is 2.80. The van der Waals surface area contributed by atoms with Gasteiger partial charge >= 0.3 is 15.6 Å². The van der Waals surface area contributed by atoms with Crippen molar-refractivity contribution < 1.29 is 30.5 Å². The highest BCUT2D eigenvalue weighted by atomic mass is 32.2. The van der Waals surface area contributed by atoms with Crippen LogP contribution in [-0.2, 0) is 10.1 Å². The Labute approximate surface area is 108 Å². The lowest BCUT2D eigenvalue weighted by atomic mass is 10.1. The molecule has 0 aliphatic heterocycles. The van der Waals surface area contributed by atoms with Gasteiger partial charge in [0.2, 0.25) is 0 Å².